The molecule has 30 heavy (non-hydrogen) atoms. The first-order valence-corrected chi connectivity index (χ1v) is 11.2. The summed E-state index contributed by atoms with van der Waals surface area (Å²) in [5.74, 6) is 2.07. The van der Waals surface area contributed by atoms with Gasteiger partial charge in [0.2, 0.25) is 11.9 Å². The third-order valence-electron chi connectivity index (χ3n) is 6.50. The smallest absolute Gasteiger partial charge is 0.225 e. The summed E-state index contributed by atoms with van der Waals surface area (Å²) >= 11 is 0. The molecule has 7 heteroatoms. The Hall–Kier alpha value is -2.41. The van der Waals surface area contributed by atoms with E-state index in [9.17, 15) is 4.79 Å². The van der Waals surface area contributed by atoms with Crippen molar-refractivity contribution in [3.8, 4) is 0 Å². The number of carbonyl (C=O) groups excluding carboxylic acids is 1. The van der Waals surface area contributed by atoms with Crippen LogP contribution in [0.25, 0.3) is 10.9 Å². The van der Waals surface area contributed by atoms with Crippen molar-refractivity contribution < 1.29 is 4.79 Å². The van der Waals surface area contributed by atoms with E-state index in [0.29, 0.717) is 18.0 Å². The number of amides is 1. The van der Waals surface area contributed by atoms with Crippen molar-refractivity contribution in [3.05, 3.63) is 24.3 Å². The number of nitrogens with zero attached hydrogens (tertiary/aromatic N) is 4. The van der Waals surface area contributed by atoms with Gasteiger partial charge in [0.15, 0.2) is 0 Å². The third kappa shape index (κ3) is 4.83. The van der Waals surface area contributed by atoms with Gasteiger partial charge in [0.25, 0.3) is 0 Å². The molecule has 7 nitrogen and oxygen atoms in total. The Morgan fingerprint density at radius 1 is 1.00 bits per heavy atom. The van der Waals surface area contributed by atoms with Gasteiger partial charge < -0.3 is 20.4 Å². The molecule has 0 spiro atoms. The molecule has 0 atom stereocenters. The molecular formula is C23H34N6O. The molecular weight excluding hydrogens is 376 g/mol. The number of para-hydroxylation sites is 1. The molecule has 1 aromatic carbocycles. The molecule has 162 valence electrons. The van der Waals surface area contributed by atoms with Gasteiger partial charge in [0.1, 0.15) is 5.82 Å². The third-order valence-corrected chi connectivity index (χ3v) is 6.50. The summed E-state index contributed by atoms with van der Waals surface area (Å²) in [6, 6.07) is 8.77. The van der Waals surface area contributed by atoms with Crippen molar-refractivity contribution in [1.29, 1.82) is 0 Å². The van der Waals surface area contributed by atoms with Crippen LogP contribution in [0, 0.1) is 5.92 Å². The van der Waals surface area contributed by atoms with Gasteiger partial charge in [0, 0.05) is 37.5 Å². The average Bonchev–Trinajstić information content (AvgIpc) is 2.75. The minimum absolute atomic E-state index is 0.188. The zero-order chi connectivity index (χ0) is 21.1. The van der Waals surface area contributed by atoms with Crippen molar-refractivity contribution in [1.82, 2.24) is 20.2 Å². The van der Waals surface area contributed by atoms with Gasteiger partial charge >= 0.3 is 0 Å². The van der Waals surface area contributed by atoms with Gasteiger partial charge in [-0.15, -0.1) is 0 Å². The molecule has 1 aliphatic heterocycles. The highest BCUT2D eigenvalue weighted by molar-refractivity contribution is 5.90. The Labute approximate surface area is 179 Å². The number of carbonyl (C=O) groups is 1. The van der Waals surface area contributed by atoms with Crippen molar-refractivity contribution in [2.75, 3.05) is 44.4 Å². The summed E-state index contributed by atoms with van der Waals surface area (Å²) in [6.07, 6.45) is 6.01. The number of likely N-dealkylation sites (tertiary alicyclic amines) is 1. The number of hydrogen-bond donors (Lipinski definition) is 2. The van der Waals surface area contributed by atoms with Gasteiger partial charge in [-0.25, -0.2) is 4.98 Å². The van der Waals surface area contributed by atoms with Crippen LogP contribution in [0.5, 0.6) is 0 Å². The van der Waals surface area contributed by atoms with Crippen molar-refractivity contribution in [2.45, 2.75) is 50.6 Å². The number of aromatic nitrogens is 2. The SMILES string of the molecule is CN1CCC(C(=O)N[C@H]2CC[C@@H](Nc3nc(N(C)C)c4ccccc4n3)CC2)CC1. The highest BCUT2D eigenvalue weighted by Crippen LogP contribution is 2.26. The van der Waals surface area contributed by atoms with Crippen LogP contribution < -0.4 is 15.5 Å². The van der Waals surface area contributed by atoms with E-state index < -0.39 is 0 Å². The van der Waals surface area contributed by atoms with Gasteiger partial charge in [-0.2, -0.15) is 4.98 Å². The van der Waals surface area contributed by atoms with Crippen LogP contribution >= 0.6 is 0 Å². The van der Waals surface area contributed by atoms with Crippen molar-refractivity contribution >= 4 is 28.6 Å². The summed E-state index contributed by atoms with van der Waals surface area (Å²) in [4.78, 5) is 26.4. The van der Waals surface area contributed by atoms with Gasteiger partial charge in [-0.3, -0.25) is 4.79 Å². The number of benzene rings is 1. The normalized spacial score (nSPS) is 23.3. The molecule has 0 bridgehead atoms. The van der Waals surface area contributed by atoms with E-state index in [1.165, 1.54) is 0 Å². The monoisotopic (exact) mass is 410 g/mol. The molecule has 1 aromatic heterocycles. The van der Waals surface area contributed by atoms with E-state index in [4.69, 9.17) is 9.97 Å². The Morgan fingerprint density at radius 2 is 1.67 bits per heavy atom. The Balaban J connectivity index is 1.32. The fourth-order valence-corrected chi connectivity index (χ4v) is 4.62. The van der Waals surface area contributed by atoms with Crippen LogP contribution in [0.2, 0.25) is 0 Å². The van der Waals surface area contributed by atoms with E-state index in [1.54, 1.807) is 0 Å². The summed E-state index contributed by atoms with van der Waals surface area (Å²) in [5.41, 5.74) is 0.956. The molecule has 4 rings (SSSR count). The number of nitrogens with one attached hydrogen (secondary N) is 2. The molecule has 2 heterocycles. The summed E-state index contributed by atoms with van der Waals surface area (Å²) in [7, 11) is 6.15. The first-order chi connectivity index (χ1) is 14.5. The maximum absolute atomic E-state index is 12.6. The lowest BCUT2D eigenvalue weighted by molar-refractivity contribution is -0.127. The Kier molecular flexibility index (Phi) is 6.37. The molecule has 2 aromatic rings. The van der Waals surface area contributed by atoms with Gasteiger partial charge in [0.05, 0.1) is 5.52 Å². The maximum atomic E-state index is 12.6. The number of fused-ring (bicyclic) bond motifs is 1. The standard InChI is InChI=1S/C23H34N6O/c1-28(2)21-19-6-4-5-7-20(19)26-23(27-21)25-18-10-8-17(9-11-18)24-22(30)16-12-14-29(3)15-13-16/h4-7,16-18H,8-15H2,1-3H3,(H,24,30)(H,25,26,27)/t17-,18+. The highest BCUT2D eigenvalue weighted by atomic mass is 16.1. The van der Waals surface area contributed by atoms with Crippen LogP contribution in [0.4, 0.5) is 11.8 Å². The molecule has 1 saturated heterocycles. The predicted molar refractivity (Wildman–Crippen MR) is 122 cm³/mol. The topological polar surface area (TPSA) is 73.4 Å². The van der Waals surface area contributed by atoms with Crippen molar-refractivity contribution in [3.63, 3.8) is 0 Å². The fourth-order valence-electron chi connectivity index (χ4n) is 4.62. The Bertz CT molecular complexity index is 869. The van der Waals surface area contributed by atoms with Crippen molar-refractivity contribution in [2.24, 2.45) is 5.92 Å². The molecule has 2 N–H and O–H groups in total. The number of rotatable bonds is 5. The fraction of sp³-hybridized carbons (Fsp3) is 0.609. The highest BCUT2D eigenvalue weighted by Gasteiger charge is 2.28. The van der Waals surface area contributed by atoms with E-state index in [0.717, 1.165) is 68.3 Å². The summed E-state index contributed by atoms with van der Waals surface area (Å²) in [5, 5.41) is 7.92. The van der Waals surface area contributed by atoms with Crippen LogP contribution in [0.15, 0.2) is 24.3 Å². The Morgan fingerprint density at radius 3 is 2.37 bits per heavy atom. The predicted octanol–water partition coefficient (Wildman–Crippen LogP) is 2.88. The molecule has 0 radical (unpaired) electrons. The van der Waals surface area contributed by atoms with E-state index >= 15 is 0 Å². The lowest BCUT2D eigenvalue weighted by atomic mass is 9.90. The van der Waals surface area contributed by atoms with E-state index in [-0.39, 0.29) is 11.8 Å². The quantitative estimate of drug-likeness (QED) is 0.790. The number of anilines is 2. The van der Waals surface area contributed by atoms with Crippen LogP contribution in [0.1, 0.15) is 38.5 Å². The second-order valence-electron chi connectivity index (χ2n) is 9.06. The van der Waals surface area contributed by atoms with E-state index in [2.05, 4.69) is 28.6 Å². The number of piperidine rings is 1. The maximum Gasteiger partial charge on any atom is 0.225 e. The summed E-state index contributed by atoms with van der Waals surface area (Å²) < 4.78 is 0. The van der Waals surface area contributed by atoms with E-state index in [1.807, 2.05) is 37.2 Å². The largest absolute Gasteiger partial charge is 0.362 e. The van der Waals surface area contributed by atoms with Crippen LogP contribution in [-0.4, -0.2) is 67.1 Å². The molecule has 2 aliphatic rings. The van der Waals surface area contributed by atoms with Gasteiger partial charge in [-0.05, 0) is 70.8 Å². The summed E-state index contributed by atoms with van der Waals surface area (Å²) in [6.45, 7) is 2.05. The average molecular weight is 411 g/mol. The second-order valence-corrected chi connectivity index (χ2v) is 9.06. The molecule has 0 unspecified atom stereocenters. The molecule has 1 saturated carbocycles. The van der Waals surface area contributed by atoms with Crippen LogP contribution in [-0.2, 0) is 4.79 Å². The van der Waals surface area contributed by atoms with Crippen LogP contribution in [0.3, 0.4) is 0 Å². The zero-order valence-corrected chi connectivity index (χ0v) is 18.4. The number of hydrogen-bond acceptors (Lipinski definition) is 6. The van der Waals surface area contributed by atoms with Gasteiger partial charge in [-0.1, -0.05) is 12.1 Å². The first kappa shape index (κ1) is 20.8. The lowest BCUT2D eigenvalue weighted by Gasteiger charge is -2.33. The molecule has 1 amide bonds. The first-order valence-electron chi connectivity index (χ1n) is 11.2. The second kappa shape index (κ2) is 9.16. The zero-order valence-electron chi connectivity index (χ0n) is 18.4. The molecule has 1 aliphatic carbocycles. The lowest BCUT2D eigenvalue weighted by Crippen LogP contribution is -2.45. The minimum atomic E-state index is 0.188. The minimum Gasteiger partial charge on any atom is -0.362 e. The molecule has 2 fully saturated rings.